The molecule has 4 N–H and O–H groups in total. The van der Waals surface area contributed by atoms with E-state index < -0.39 is 0 Å². The molecule has 1 atom stereocenters. The quantitative estimate of drug-likeness (QED) is 0.554. The van der Waals surface area contributed by atoms with Crippen LogP contribution in [-0.2, 0) is 0 Å². The van der Waals surface area contributed by atoms with Crippen LogP contribution in [0.3, 0.4) is 0 Å². The van der Waals surface area contributed by atoms with E-state index in [-0.39, 0.29) is 11.9 Å². The van der Waals surface area contributed by atoms with Gasteiger partial charge in [-0.2, -0.15) is 5.26 Å². The summed E-state index contributed by atoms with van der Waals surface area (Å²) < 4.78 is 0. The molecular formula is C25H26N6O. The first-order valence-electron chi connectivity index (χ1n) is 10.7. The molecule has 3 aromatic rings. The van der Waals surface area contributed by atoms with Gasteiger partial charge in [-0.1, -0.05) is 43.3 Å². The Hall–Kier alpha value is -3.89. The van der Waals surface area contributed by atoms with Crippen LogP contribution in [0.2, 0.25) is 0 Å². The van der Waals surface area contributed by atoms with Gasteiger partial charge in [0.25, 0.3) is 0 Å². The third kappa shape index (κ3) is 3.55. The van der Waals surface area contributed by atoms with Gasteiger partial charge in [-0.25, -0.2) is 9.78 Å². The largest absolute Gasteiger partial charge is 0.397 e. The van der Waals surface area contributed by atoms with Crippen molar-refractivity contribution in [2.24, 2.45) is 0 Å². The minimum Gasteiger partial charge on any atom is -0.397 e. The fourth-order valence-corrected chi connectivity index (χ4v) is 4.25. The molecule has 0 fully saturated rings. The Morgan fingerprint density at radius 3 is 2.62 bits per heavy atom. The number of pyridine rings is 1. The molecule has 0 unspecified atom stereocenters. The molecule has 7 nitrogen and oxygen atoms in total. The third-order valence-electron chi connectivity index (χ3n) is 5.76. The van der Waals surface area contributed by atoms with Gasteiger partial charge in [0.2, 0.25) is 0 Å². The number of aromatic nitrogens is 1. The van der Waals surface area contributed by atoms with Gasteiger partial charge in [0.1, 0.15) is 5.82 Å². The minimum absolute atomic E-state index is 0.0400. The molecule has 162 valence electrons. The summed E-state index contributed by atoms with van der Waals surface area (Å²) in [6.07, 6.45) is 0. The summed E-state index contributed by atoms with van der Waals surface area (Å²) in [4.78, 5) is 19.7. The number of urea groups is 1. The number of nitrogens with one attached hydrogen (secondary N) is 2. The summed E-state index contributed by atoms with van der Waals surface area (Å²) in [5.41, 5.74) is 12.5. The highest BCUT2D eigenvalue weighted by Gasteiger charge is 2.32. The standard InChI is InChI=1S/C25H26N6O/c1-4-31-24-21(18-11-10-16(13-26)12-19(18)29-25(31)32)20(17-8-6-5-7-9-17)22(27)23(30-24)15(2)14-28-3/h5-12,15,28H,4,14,27H2,1-3H3,(H,29,32)/t15-/m1/s1. The van der Waals surface area contributed by atoms with Crippen LogP contribution in [0.25, 0.3) is 22.3 Å². The number of rotatable bonds is 5. The Bertz CT molecular complexity index is 1220. The number of benzene rings is 2. The zero-order valence-corrected chi connectivity index (χ0v) is 18.4. The minimum atomic E-state index is -0.286. The summed E-state index contributed by atoms with van der Waals surface area (Å²) >= 11 is 0. The van der Waals surface area contributed by atoms with E-state index in [1.165, 1.54) is 0 Å². The Kier molecular flexibility index (Phi) is 5.80. The molecule has 0 bridgehead atoms. The second-order valence-electron chi connectivity index (χ2n) is 7.86. The molecule has 2 aromatic carbocycles. The van der Waals surface area contributed by atoms with Crippen LogP contribution >= 0.6 is 0 Å². The van der Waals surface area contributed by atoms with Crippen LogP contribution in [0, 0.1) is 11.3 Å². The number of nitrogen functional groups attached to an aromatic ring is 1. The fraction of sp³-hybridized carbons (Fsp3) is 0.240. The van der Waals surface area contributed by atoms with Crippen molar-refractivity contribution in [3.05, 3.63) is 59.8 Å². The summed E-state index contributed by atoms with van der Waals surface area (Å²) in [7, 11) is 1.89. The van der Waals surface area contributed by atoms with E-state index in [9.17, 15) is 10.1 Å². The normalized spacial score (nSPS) is 13.4. The predicted octanol–water partition coefficient (Wildman–Crippen LogP) is 4.56. The van der Waals surface area contributed by atoms with Crippen LogP contribution in [0.5, 0.6) is 0 Å². The number of carbonyl (C=O) groups excluding carboxylic acids is 1. The Balaban J connectivity index is 2.14. The summed E-state index contributed by atoms with van der Waals surface area (Å²) in [5, 5.41) is 15.5. The van der Waals surface area contributed by atoms with Gasteiger partial charge in [0.15, 0.2) is 0 Å². The van der Waals surface area contributed by atoms with Crippen LogP contribution in [0.15, 0.2) is 48.5 Å². The molecule has 0 aliphatic carbocycles. The van der Waals surface area contributed by atoms with E-state index in [1.54, 1.807) is 17.0 Å². The summed E-state index contributed by atoms with van der Waals surface area (Å²) in [5.74, 6) is 0.609. The van der Waals surface area contributed by atoms with E-state index in [4.69, 9.17) is 10.7 Å². The maximum atomic E-state index is 13.2. The first-order chi connectivity index (χ1) is 15.5. The van der Waals surface area contributed by atoms with Gasteiger partial charge in [0.05, 0.1) is 28.7 Å². The van der Waals surface area contributed by atoms with E-state index in [2.05, 4.69) is 23.6 Å². The number of nitriles is 1. The second kappa shape index (κ2) is 8.69. The lowest BCUT2D eigenvalue weighted by Gasteiger charge is -2.26. The number of nitrogens with two attached hydrogens (primary N) is 1. The van der Waals surface area contributed by atoms with Crippen LogP contribution in [0.1, 0.15) is 31.0 Å². The second-order valence-corrected chi connectivity index (χ2v) is 7.86. The van der Waals surface area contributed by atoms with Gasteiger partial charge in [-0.05, 0) is 31.7 Å². The zero-order valence-electron chi connectivity index (χ0n) is 18.4. The molecule has 32 heavy (non-hydrogen) atoms. The molecule has 2 heterocycles. The van der Waals surface area contributed by atoms with E-state index >= 15 is 0 Å². The maximum absolute atomic E-state index is 13.2. The molecule has 0 saturated heterocycles. The molecule has 0 radical (unpaired) electrons. The van der Waals surface area contributed by atoms with Gasteiger partial charge < -0.3 is 16.4 Å². The van der Waals surface area contributed by atoms with Crippen LogP contribution < -0.4 is 21.3 Å². The Morgan fingerprint density at radius 1 is 1.22 bits per heavy atom. The van der Waals surface area contributed by atoms with Crippen molar-refractivity contribution in [1.82, 2.24) is 10.3 Å². The van der Waals surface area contributed by atoms with Crippen molar-refractivity contribution < 1.29 is 4.79 Å². The number of hydrogen-bond acceptors (Lipinski definition) is 5. The number of likely N-dealkylation sites (N-methyl/N-ethyl adjacent to an activating group) is 1. The van der Waals surface area contributed by atoms with Gasteiger partial charge in [-0.3, -0.25) is 4.90 Å². The van der Waals surface area contributed by atoms with Gasteiger partial charge >= 0.3 is 6.03 Å². The average molecular weight is 427 g/mol. The lowest BCUT2D eigenvalue weighted by molar-refractivity contribution is 0.257. The molecule has 4 rings (SSSR count). The number of anilines is 3. The highest BCUT2D eigenvalue weighted by molar-refractivity contribution is 6.13. The third-order valence-corrected chi connectivity index (χ3v) is 5.76. The lowest BCUT2D eigenvalue weighted by atomic mass is 9.89. The lowest BCUT2D eigenvalue weighted by Crippen LogP contribution is -2.35. The SMILES string of the molecule is CCN1C(=O)Nc2cc(C#N)ccc2-c2c1nc([C@H](C)CNC)c(N)c2-c1ccccc1. The highest BCUT2D eigenvalue weighted by Crippen LogP contribution is 2.48. The molecular weight excluding hydrogens is 400 g/mol. The molecule has 1 aliphatic heterocycles. The van der Waals surface area contributed by atoms with Crippen molar-refractivity contribution in [1.29, 1.82) is 5.26 Å². The van der Waals surface area contributed by atoms with Crippen molar-refractivity contribution in [2.75, 3.05) is 36.1 Å². The van der Waals surface area contributed by atoms with Crippen LogP contribution in [0.4, 0.5) is 22.0 Å². The number of nitrogens with zero attached hydrogens (tertiary/aromatic N) is 3. The summed E-state index contributed by atoms with van der Waals surface area (Å²) in [6.45, 7) is 5.11. The fourth-order valence-electron chi connectivity index (χ4n) is 4.25. The first-order valence-corrected chi connectivity index (χ1v) is 10.7. The molecule has 1 aromatic heterocycles. The number of fused-ring (bicyclic) bond motifs is 3. The summed E-state index contributed by atoms with van der Waals surface area (Å²) in [6, 6.07) is 17.1. The Morgan fingerprint density at radius 2 is 1.97 bits per heavy atom. The van der Waals surface area contributed by atoms with E-state index in [1.807, 2.05) is 50.4 Å². The molecule has 7 heteroatoms. The van der Waals surface area contributed by atoms with E-state index in [0.29, 0.717) is 35.8 Å². The molecule has 0 spiro atoms. The first kappa shape index (κ1) is 21.3. The smallest absolute Gasteiger partial charge is 0.327 e. The predicted molar refractivity (Wildman–Crippen MR) is 129 cm³/mol. The van der Waals surface area contributed by atoms with Crippen molar-refractivity contribution in [3.8, 4) is 28.3 Å². The zero-order chi connectivity index (χ0) is 22.8. The van der Waals surface area contributed by atoms with Crippen LogP contribution in [-0.4, -0.2) is 31.2 Å². The monoisotopic (exact) mass is 426 g/mol. The highest BCUT2D eigenvalue weighted by atomic mass is 16.2. The number of hydrogen-bond donors (Lipinski definition) is 3. The molecule has 0 saturated carbocycles. The van der Waals surface area contributed by atoms with Crippen molar-refractivity contribution in [2.45, 2.75) is 19.8 Å². The maximum Gasteiger partial charge on any atom is 0.327 e. The van der Waals surface area contributed by atoms with Crippen molar-refractivity contribution >= 4 is 23.2 Å². The number of carbonyl (C=O) groups is 1. The van der Waals surface area contributed by atoms with Crippen molar-refractivity contribution in [3.63, 3.8) is 0 Å². The molecule has 2 amide bonds. The van der Waals surface area contributed by atoms with Gasteiger partial charge in [-0.15, -0.1) is 0 Å². The topological polar surface area (TPSA) is 107 Å². The average Bonchev–Trinajstić information content (AvgIpc) is 2.91. The van der Waals surface area contributed by atoms with E-state index in [0.717, 1.165) is 27.9 Å². The molecule has 1 aliphatic rings. The van der Waals surface area contributed by atoms with Gasteiger partial charge in [0, 0.05) is 35.7 Å². The number of amides is 2. The Labute approximate surface area is 187 Å².